The molecule has 2 aromatic rings. The van der Waals surface area contributed by atoms with Gasteiger partial charge in [0.2, 0.25) is 5.78 Å². The topological polar surface area (TPSA) is 88.2 Å². The highest BCUT2D eigenvalue weighted by Gasteiger charge is 2.48. The summed E-state index contributed by atoms with van der Waals surface area (Å²) in [5.74, 6) is 1.01. The summed E-state index contributed by atoms with van der Waals surface area (Å²) in [6, 6.07) is 9.68. The molecule has 0 radical (unpaired) electrons. The minimum atomic E-state index is -0.649. The van der Waals surface area contributed by atoms with E-state index < -0.39 is 18.1 Å². The average molecular weight is 438 g/mol. The van der Waals surface area contributed by atoms with Crippen LogP contribution in [0.5, 0.6) is 0 Å². The Hall–Kier alpha value is -2.54. The van der Waals surface area contributed by atoms with E-state index >= 15 is 0 Å². The van der Waals surface area contributed by atoms with E-state index in [4.69, 9.17) is 0 Å². The predicted octanol–water partition coefficient (Wildman–Crippen LogP) is 4.28. The first-order valence-corrected chi connectivity index (χ1v) is 11.9. The summed E-state index contributed by atoms with van der Waals surface area (Å²) in [6.07, 6.45) is 5.61. The third-order valence-corrected chi connectivity index (χ3v) is 8.29. The number of Topliss-reactive ketones (excluding diaryl/α,β-unsaturated/α-hetero) is 2. The number of carbonyl (C=O) groups excluding carboxylic acids is 3. The van der Waals surface area contributed by atoms with E-state index in [1.165, 1.54) is 43.4 Å². The first-order chi connectivity index (χ1) is 15.0. The SMILES string of the molecule is Cc1nc(Nc2ccccc2)sc1C(=O)CC(=O)C(=O)NC1C2CC3CC(C2)CC1C3. The highest BCUT2D eigenvalue weighted by Crippen LogP contribution is 2.53. The molecule has 31 heavy (non-hydrogen) atoms. The number of hydrogen-bond donors (Lipinski definition) is 2. The van der Waals surface area contributed by atoms with Gasteiger partial charge in [-0.25, -0.2) is 4.98 Å². The first-order valence-electron chi connectivity index (χ1n) is 11.1. The zero-order valence-corrected chi connectivity index (χ0v) is 18.4. The fourth-order valence-corrected chi connectivity index (χ4v) is 6.98. The lowest BCUT2D eigenvalue weighted by molar-refractivity contribution is -0.139. The zero-order valence-electron chi connectivity index (χ0n) is 17.6. The summed E-state index contributed by atoms with van der Waals surface area (Å²) < 4.78 is 0. The third-order valence-electron chi connectivity index (χ3n) is 7.17. The van der Waals surface area contributed by atoms with E-state index in [9.17, 15) is 14.4 Å². The van der Waals surface area contributed by atoms with Crippen LogP contribution in [0.4, 0.5) is 10.8 Å². The summed E-state index contributed by atoms with van der Waals surface area (Å²) >= 11 is 1.21. The van der Waals surface area contributed by atoms with E-state index in [2.05, 4.69) is 15.6 Å². The second-order valence-electron chi connectivity index (χ2n) is 9.38. The van der Waals surface area contributed by atoms with Gasteiger partial charge in [0.05, 0.1) is 17.0 Å². The number of thiazole rings is 1. The van der Waals surface area contributed by atoms with Crippen molar-refractivity contribution in [2.45, 2.75) is 51.5 Å². The number of benzene rings is 1. The molecule has 0 spiro atoms. The van der Waals surface area contributed by atoms with Crippen LogP contribution in [0.3, 0.4) is 0 Å². The monoisotopic (exact) mass is 437 g/mol. The summed E-state index contributed by atoms with van der Waals surface area (Å²) in [5, 5.41) is 6.77. The summed E-state index contributed by atoms with van der Waals surface area (Å²) in [6.45, 7) is 1.75. The first kappa shape index (κ1) is 20.4. The van der Waals surface area contributed by atoms with Crippen molar-refractivity contribution in [2.75, 3.05) is 5.32 Å². The normalized spacial score (nSPS) is 28.4. The molecule has 4 saturated carbocycles. The van der Waals surface area contributed by atoms with E-state index in [0.29, 0.717) is 27.5 Å². The number of aromatic nitrogens is 1. The lowest BCUT2D eigenvalue weighted by Crippen LogP contribution is -2.56. The molecule has 4 aliphatic rings. The largest absolute Gasteiger partial charge is 0.346 e. The predicted molar refractivity (Wildman–Crippen MR) is 120 cm³/mol. The maximum absolute atomic E-state index is 12.7. The Labute approximate surface area is 185 Å². The molecule has 4 aliphatic carbocycles. The second kappa shape index (κ2) is 8.19. The molecule has 1 aromatic carbocycles. The van der Waals surface area contributed by atoms with E-state index in [1.807, 2.05) is 30.3 Å². The number of carbonyl (C=O) groups is 3. The van der Waals surface area contributed by atoms with Gasteiger partial charge < -0.3 is 10.6 Å². The van der Waals surface area contributed by atoms with Gasteiger partial charge in [0.15, 0.2) is 10.9 Å². The Morgan fingerprint density at radius 3 is 2.29 bits per heavy atom. The quantitative estimate of drug-likeness (QED) is 0.383. The van der Waals surface area contributed by atoms with Crippen molar-refractivity contribution in [1.29, 1.82) is 0 Å². The molecule has 6 rings (SSSR count). The lowest BCUT2D eigenvalue weighted by atomic mass is 9.54. The molecule has 4 bridgehead atoms. The number of para-hydroxylation sites is 1. The molecule has 1 aromatic heterocycles. The Balaban J connectivity index is 1.19. The van der Waals surface area contributed by atoms with Gasteiger partial charge in [0.1, 0.15) is 0 Å². The molecule has 0 unspecified atom stereocenters. The molecule has 6 nitrogen and oxygen atoms in total. The van der Waals surface area contributed by atoms with Crippen molar-refractivity contribution >= 4 is 39.6 Å². The molecule has 0 saturated heterocycles. The number of aryl methyl sites for hydroxylation is 1. The van der Waals surface area contributed by atoms with Crippen molar-refractivity contribution in [2.24, 2.45) is 23.7 Å². The van der Waals surface area contributed by atoms with Crippen molar-refractivity contribution in [3.63, 3.8) is 0 Å². The molecule has 2 N–H and O–H groups in total. The van der Waals surface area contributed by atoms with E-state index in [-0.39, 0.29) is 11.8 Å². The van der Waals surface area contributed by atoms with Crippen molar-refractivity contribution in [1.82, 2.24) is 10.3 Å². The number of ketones is 2. The van der Waals surface area contributed by atoms with Crippen LogP contribution in [0.15, 0.2) is 30.3 Å². The van der Waals surface area contributed by atoms with Gasteiger partial charge in [-0.1, -0.05) is 29.5 Å². The lowest BCUT2D eigenvalue weighted by Gasteiger charge is -2.54. The van der Waals surface area contributed by atoms with Gasteiger partial charge in [0, 0.05) is 11.7 Å². The Morgan fingerprint density at radius 1 is 1.00 bits per heavy atom. The number of nitrogens with zero attached hydrogens (tertiary/aromatic N) is 1. The number of hydrogen-bond acceptors (Lipinski definition) is 6. The maximum atomic E-state index is 12.7. The summed E-state index contributed by atoms with van der Waals surface area (Å²) in [7, 11) is 0. The molecule has 1 heterocycles. The van der Waals surface area contributed by atoms with Gasteiger partial charge >= 0.3 is 0 Å². The van der Waals surface area contributed by atoms with Crippen LogP contribution >= 0.6 is 11.3 Å². The minimum Gasteiger partial charge on any atom is -0.346 e. The summed E-state index contributed by atoms with van der Waals surface area (Å²) in [5.41, 5.74) is 1.45. The Morgan fingerprint density at radius 2 is 1.65 bits per heavy atom. The zero-order chi connectivity index (χ0) is 21.5. The van der Waals surface area contributed by atoms with E-state index in [0.717, 1.165) is 17.5 Å². The van der Waals surface area contributed by atoms with Gasteiger partial charge in [-0.05, 0) is 74.8 Å². The number of rotatable bonds is 7. The molecule has 7 heteroatoms. The van der Waals surface area contributed by atoms with Crippen molar-refractivity contribution < 1.29 is 14.4 Å². The molecule has 1 amide bonds. The van der Waals surface area contributed by atoms with Gasteiger partial charge in [0.25, 0.3) is 5.91 Å². The van der Waals surface area contributed by atoms with Crippen LogP contribution in [-0.2, 0) is 9.59 Å². The fraction of sp³-hybridized carbons (Fsp3) is 0.500. The number of amides is 1. The van der Waals surface area contributed by atoms with Crippen LogP contribution < -0.4 is 10.6 Å². The molecular formula is C24H27N3O3S. The van der Waals surface area contributed by atoms with E-state index in [1.54, 1.807) is 6.92 Å². The number of anilines is 2. The van der Waals surface area contributed by atoms with Crippen LogP contribution in [0, 0.1) is 30.6 Å². The Kier molecular flexibility index (Phi) is 5.38. The van der Waals surface area contributed by atoms with Crippen molar-refractivity contribution in [3.05, 3.63) is 40.9 Å². The van der Waals surface area contributed by atoms with Crippen LogP contribution in [0.1, 0.15) is 53.9 Å². The van der Waals surface area contributed by atoms with Crippen LogP contribution in [0.25, 0.3) is 0 Å². The molecule has 162 valence electrons. The highest BCUT2D eigenvalue weighted by atomic mass is 32.1. The molecule has 4 fully saturated rings. The third kappa shape index (κ3) is 4.15. The minimum absolute atomic E-state index is 0.103. The summed E-state index contributed by atoms with van der Waals surface area (Å²) in [4.78, 5) is 42.7. The maximum Gasteiger partial charge on any atom is 0.288 e. The highest BCUT2D eigenvalue weighted by molar-refractivity contribution is 7.17. The van der Waals surface area contributed by atoms with Gasteiger partial charge in [-0.2, -0.15) is 0 Å². The number of nitrogens with one attached hydrogen (secondary N) is 2. The smallest absolute Gasteiger partial charge is 0.288 e. The van der Waals surface area contributed by atoms with Crippen molar-refractivity contribution in [3.8, 4) is 0 Å². The average Bonchev–Trinajstić information content (AvgIpc) is 3.10. The fourth-order valence-electron chi connectivity index (χ4n) is 6.05. The molecule has 0 aliphatic heterocycles. The Bertz CT molecular complexity index is 988. The van der Waals surface area contributed by atoms with Gasteiger partial charge in [-0.3, -0.25) is 14.4 Å². The molecule has 0 atom stereocenters. The second-order valence-corrected chi connectivity index (χ2v) is 10.4. The van der Waals surface area contributed by atoms with Crippen LogP contribution in [0.2, 0.25) is 0 Å². The standard InChI is InChI=1S/C24H27N3O3S/c1-13-22(31-24(25-13)26-18-5-3-2-4-6-18)19(28)12-20(29)23(30)27-21-16-8-14-7-15(10-16)11-17(21)9-14/h2-6,14-17,21H,7-12H2,1H3,(H,25,26)(H,27,30). The van der Waals surface area contributed by atoms with Gasteiger partial charge in [-0.15, -0.1) is 0 Å². The molecular weight excluding hydrogens is 410 g/mol. The van der Waals surface area contributed by atoms with Crippen LogP contribution in [-0.4, -0.2) is 28.5 Å².